The summed E-state index contributed by atoms with van der Waals surface area (Å²) in [5.74, 6) is -0.673. The summed E-state index contributed by atoms with van der Waals surface area (Å²) < 4.78 is 2.28. The number of nitrogens with one attached hydrogen (secondary N) is 2. The van der Waals surface area contributed by atoms with Gasteiger partial charge in [0.2, 0.25) is 0 Å². The van der Waals surface area contributed by atoms with E-state index >= 15 is 0 Å². The Bertz CT molecular complexity index is 1430. The van der Waals surface area contributed by atoms with Gasteiger partial charge in [0.25, 0.3) is 11.8 Å². The van der Waals surface area contributed by atoms with Crippen molar-refractivity contribution in [2.75, 3.05) is 0 Å². The predicted octanol–water partition coefficient (Wildman–Crippen LogP) is 4.37. The van der Waals surface area contributed by atoms with E-state index in [4.69, 9.17) is 0 Å². The fourth-order valence-electron chi connectivity index (χ4n) is 5.04. The van der Waals surface area contributed by atoms with Crippen LogP contribution in [-0.4, -0.2) is 21.4 Å². The summed E-state index contributed by atoms with van der Waals surface area (Å²) in [5, 5.41) is 4.50. The Labute approximate surface area is 173 Å². The molecule has 2 aliphatic heterocycles. The SMILES string of the molecule is CC1(C)CCc2cccc3c(C4=C(c5c[nH]c6ccccc56)C(=O)NC4=O)cn1c23. The van der Waals surface area contributed by atoms with E-state index in [-0.39, 0.29) is 17.4 Å². The first kappa shape index (κ1) is 17.3. The van der Waals surface area contributed by atoms with Crippen LogP contribution in [-0.2, 0) is 21.5 Å². The van der Waals surface area contributed by atoms with E-state index in [0.29, 0.717) is 11.1 Å². The number of amides is 2. The normalized spacial score (nSPS) is 17.9. The Hall–Kier alpha value is -3.60. The Morgan fingerprint density at radius 1 is 0.900 bits per heavy atom. The topological polar surface area (TPSA) is 66.9 Å². The molecule has 5 nitrogen and oxygen atoms in total. The first-order valence-electron chi connectivity index (χ1n) is 10.3. The predicted molar refractivity (Wildman–Crippen MR) is 118 cm³/mol. The highest BCUT2D eigenvalue weighted by Gasteiger charge is 2.37. The lowest BCUT2D eigenvalue weighted by molar-refractivity contribution is -0.122. The molecule has 0 saturated carbocycles. The third-order valence-corrected chi connectivity index (χ3v) is 6.63. The van der Waals surface area contributed by atoms with E-state index in [1.54, 1.807) is 0 Å². The molecule has 2 aromatic heterocycles. The van der Waals surface area contributed by atoms with Crippen LogP contribution in [0.2, 0.25) is 0 Å². The molecule has 0 aliphatic carbocycles. The summed E-state index contributed by atoms with van der Waals surface area (Å²) in [6.45, 7) is 4.45. The molecule has 0 radical (unpaired) electrons. The Kier molecular flexibility index (Phi) is 3.30. The lowest BCUT2D eigenvalue weighted by Crippen LogP contribution is -2.29. The second-order valence-corrected chi connectivity index (χ2v) is 8.82. The second-order valence-electron chi connectivity index (χ2n) is 8.82. The van der Waals surface area contributed by atoms with Crippen molar-refractivity contribution in [3.05, 3.63) is 71.5 Å². The number of aromatic amines is 1. The summed E-state index contributed by atoms with van der Waals surface area (Å²) in [7, 11) is 0. The van der Waals surface area contributed by atoms with E-state index in [1.807, 2.05) is 36.5 Å². The van der Waals surface area contributed by atoms with Gasteiger partial charge in [-0.3, -0.25) is 14.9 Å². The number of fused-ring (bicyclic) bond motifs is 1. The van der Waals surface area contributed by atoms with Gasteiger partial charge < -0.3 is 9.55 Å². The fourth-order valence-corrected chi connectivity index (χ4v) is 5.04. The molecule has 6 rings (SSSR count). The molecule has 4 aromatic rings. The largest absolute Gasteiger partial charge is 0.361 e. The molecule has 0 spiro atoms. The Morgan fingerprint density at radius 3 is 2.47 bits per heavy atom. The zero-order valence-electron chi connectivity index (χ0n) is 16.9. The van der Waals surface area contributed by atoms with Crippen LogP contribution in [0.4, 0.5) is 0 Å². The highest BCUT2D eigenvalue weighted by atomic mass is 16.2. The molecular formula is C25H21N3O2. The van der Waals surface area contributed by atoms with Gasteiger partial charge in [-0.1, -0.05) is 36.4 Å². The number of nitrogens with zero attached hydrogens (tertiary/aromatic N) is 1. The quantitative estimate of drug-likeness (QED) is 0.495. The molecular weight excluding hydrogens is 374 g/mol. The van der Waals surface area contributed by atoms with E-state index in [2.05, 4.69) is 47.0 Å². The molecule has 0 bridgehead atoms. The van der Waals surface area contributed by atoms with Crippen LogP contribution in [0, 0.1) is 0 Å². The van der Waals surface area contributed by atoms with Crippen LogP contribution in [0.15, 0.2) is 54.9 Å². The second kappa shape index (κ2) is 5.72. The number of hydrogen-bond donors (Lipinski definition) is 2. The van der Waals surface area contributed by atoms with Gasteiger partial charge >= 0.3 is 0 Å². The molecule has 5 heteroatoms. The third kappa shape index (κ3) is 2.17. The maximum atomic E-state index is 13.0. The van der Waals surface area contributed by atoms with Crippen molar-refractivity contribution in [2.24, 2.45) is 0 Å². The van der Waals surface area contributed by atoms with Crippen LogP contribution in [0.1, 0.15) is 37.0 Å². The van der Waals surface area contributed by atoms with E-state index in [0.717, 1.165) is 40.3 Å². The lowest BCUT2D eigenvalue weighted by atomic mass is 9.90. The molecule has 148 valence electrons. The number of rotatable bonds is 2. The van der Waals surface area contributed by atoms with Gasteiger partial charge in [-0.15, -0.1) is 0 Å². The summed E-state index contributed by atoms with van der Waals surface area (Å²) in [5.41, 5.74) is 5.84. The van der Waals surface area contributed by atoms with Crippen molar-refractivity contribution >= 4 is 44.8 Å². The first-order valence-corrected chi connectivity index (χ1v) is 10.3. The van der Waals surface area contributed by atoms with Crippen LogP contribution in [0.5, 0.6) is 0 Å². The van der Waals surface area contributed by atoms with Crippen molar-refractivity contribution < 1.29 is 9.59 Å². The number of hydrogen-bond acceptors (Lipinski definition) is 2. The fraction of sp³-hybridized carbons (Fsp3) is 0.200. The number of H-pyrrole nitrogens is 1. The van der Waals surface area contributed by atoms with Gasteiger partial charge in [0.1, 0.15) is 0 Å². The molecule has 0 atom stereocenters. The lowest BCUT2D eigenvalue weighted by Gasteiger charge is -2.33. The van der Waals surface area contributed by atoms with Gasteiger partial charge in [0.05, 0.1) is 16.7 Å². The van der Waals surface area contributed by atoms with Gasteiger partial charge in [0.15, 0.2) is 0 Å². The minimum Gasteiger partial charge on any atom is -0.361 e. The summed E-state index contributed by atoms with van der Waals surface area (Å²) in [6, 6.07) is 14.1. The number of carbonyl (C=O) groups is 2. The van der Waals surface area contributed by atoms with Crippen LogP contribution in [0.25, 0.3) is 33.0 Å². The molecule has 2 amide bonds. The molecule has 0 saturated heterocycles. The average molecular weight is 395 g/mol. The summed E-state index contributed by atoms with van der Waals surface area (Å²) >= 11 is 0. The van der Waals surface area contributed by atoms with Gasteiger partial charge in [0, 0.05) is 45.3 Å². The number of imide groups is 1. The van der Waals surface area contributed by atoms with E-state index in [1.165, 1.54) is 11.1 Å². The molecule has 0 unspecified atom stereocenters. The maximum absolute atomic E-state index is 13.0. The van der Waals surface area contributed by atoms with E-state index in [9.17, 15) is 9.59 Å². The summed E-state index contributed by atoms with van der Waals surface area (Å²) in [6.07, 6.45) is 5.93. The number of aryl methyl sites for hydroxylation is 1. The minimum absolute atomic E-state index is 0.0502. The smallest absolute Gasteiger partial charge is 0.259 e. The summed E-state index contributed by atoms with van der Waals surface area (Å²) in [4.78, 5) is 29.2. The van der Waals surface area contributed by atoms with E-state index < -0.39 is 0 Å². The van der Waals surface area contributed by atoms with Gasteiger partial charge in [-0.25, -0.2) is 0 Å². The highest BCUT2D eigenvalue weighted by Crippen LogP contribution is 2.43. The van der Waals surface area contributed by atoms with Gasteiger partial charge in [-0.2, -0.15) is 0 Å². The number of para-hydroxylation sites is 2. The zero-order chi connectivity index (χ0) is 20.6. The third-order valence-electron chi connectivity index (χ3n) is 6.63. The molecule has 2 aromatic carbocycles. The van der Waals surface area contributed by atoms with Crippen molar-refractivity contribution in [3.8, 4) is 0 Å². The van der Waals surface area contributed by atoms with Crippen molar-refractivity contribution in [3.63, 3.8) is 0 Å². The molecule has 0 fully saturated rings. The average Bonchev–Trinajstić information content (AvgIpc) is 3.39. The van der Waals surface area contributed by atoms with Crippen molar-refractivity contribution in [2.45, 2.75) is 32.2 Å². The Balaban J connectivity index is 1.71. The molecule has 2 aliphatic rings. The van der Waals surface area contributed by atoms with Crippen molar-refractivity contribution in [1.29, 1.82) is 0 Å². The zero-order valence-corrected chi connectivity index (χ0v) is 16.9. The van der Waals surface area contributed by atoms with Gasteiger partial charge in [-0.05, 0) is 38.3 Å². The monoisotopic (exact) mass is 395 g/mol. The first-order chi connectivity index (χ1) is 14.5. The highest BCUT2D eigenvalue weighted by molar-refractivity contribution is 6.50. The molecule has 30 heavy (non-hydrogen) atoms. The number of benzene rings is 2. The minimum atomic E-state index is -0.342. The van der Waals surface area contributed by atoms with Crippen LogP contribution in [0.3, 0.4) is 0 Å². The molecule has 4 heterocycles. The van der Waals surface area contributed by atoms with Crippen LogP contribution >= 0.6 is 0 Å². The number of aromatic nitrogens is 2. The standard InChI is InChI=1S/C25H21N3O2/c1-25(2)11-10-14-6-5-8-16-18(13-28(25)22(14)16)21-20(23(29)27-24(21)30)17-12-26-19-9-4-3-7-15(17)19/h3-9,12-13,26H,10-11H2,1-2H3,(H,27,29,30). The number of carbonyl (C=O) groups excluding carboxylic acids is 2. The maximum Gasteiger partial charge on any atom is 0.259 e. The molecule has 2 N–H and O–H groups in total. The van der Waals surface area contributed by atoms with Crippen LogP contribution < -0.4 is 5.32 Å². The van der Waals surface area contributed by atoms with Crippen molar-refractivity contribution in [1.82, 2.24) is 14.9 Å². The Morgan fingerprint density at radius 2 is 1.63 bits per heavy atom.